The molecule has 1 amide bonds. The number of amides is 1. The van der Waals surface area contributed by atoms with Gasteiger partial charge in [-0.05, 0) is 12.5 Å². The van der Waals surface area contributed by atoms with Gasteiger partial charge in [-0.25, -0.2) is 9.98 Å². The lowest BCUT2D eigenvalue weighted by molar-refractivity contribution is -0.130. The third-order valence-electron chi connectivity index (χ3n) is 4.45. The Kier molecular flexibility index (Phi) is 8.08. The van der Waals surface area contributed by atoms with E-state index in [1.165, 1.54) is 0 Å². The summed E-state index contributed by atoms with van der Waals surface area (Å²) in [7, 11) is 0. The van der Waals surface area contributed by atoms with Crippen LogP contribution in [-0.2, 0) is 11.3 Å². The number of imidazole rings is 1. The Morgan fingerprint density at radius 3 is 2.48 bits per heavy atom. The van der Waals surface area contributed by atoms with E-state index >= 15 is 0 Å². The van der Waals surface area contributed by atoms with E-state index in [2.05, 4.69) is 39.2 Å². The van der Waals surface area contributed by atoms with Gasteiger partial charge in [0.05, 0.1) is 11.9 Å². The summed E-state index contributed by atoms with van der Waals surface area (Å²) in [5.74, 6) is 1.84. The molecule has 1 aromatic heterocycles. The molecule has 0 saturated carbocycles. The first-order valence-corrected chi connectivity index (χ1v) is 9.05. The van der Waals surface area contributed by atoms with Gasteiger partial charge in [-0.15, -0.1) is 24.0 Å². The van der Waals surface area contributed by atoms with Gasteiger partial charge in [-0.2, -0.15) is 0 Å². The number of halogens is 1. The molecule has 2 heterocycles. The highest BCUT2D eigenvalue weighted by atomic mass is 127. The molecule has 1 aromatic carbocycles. The molecule has 3 rings (SSSR count). The number of carbonyl (C=O) groups is 1. The number of rotatable bonds is 4. The molecular weight excluding hydrogens is 455 g/mol. The van der Waals surface area contributed by atoms with E-state index in [1.807, 2.05) is 29.3 Å². The summed E-state index contributed by atoms with van der Waals surface area (Å²) in [6.45, 7) is 8.02. The summed E-state index contributed by atoms with van der Waals surface area (Å²) >= 11 is 0. The number of aromatic amines is 1. The molecule has 1 aliphatic rings. The van der Waals surface area contributed by atoms with Crippen LogP contribution in [0.4, 0.5) is 0 Å². The Hall–Kier alpha value is -2.10. The number of aromatic nitrogens is 2. The molecule has 0 atom stereocenters. The number of guanidine groups is 1. The van der Waals surface area contributed by atoms with Crippen LogP contribution < -0.4 is 5.32 Å². The minimum atomic E-state index is 0. The van der Waals surface area contributed by atoms with E-state index in [4.69, 9.17) is 4.99 Å². The lowest BCUT2D eigenvalue weighted by Crippen LogP contribution is -2.53. The molecule has 1 fully saturated rings. The van der Waals surface area contributed by atoms with Crippen molar-refractivity contribution in [3.63, 3.8) is 0 Å². The smallest absolute Gasteiger partial charge is 0.219 e. The Labute approximate surface area is 177 Å². The maximum Gasteiger partial charge on any atom is 0.219 e. The van der Waals surface area contributed by atoms with Crippen LogP contribution in [0.1, 0.15) is 19.7 Å². The summed E-state index contributed by atoms with van der Waals surface area (Å²) in [6, 6.07) is 10.1. The first kappa shape index (κ1) is 21.2. The monoisotopic (exact) mass is 482 g/mol. The van der Waals surface area contributed by atoms with Crippen molar-refractivity contribution >= 4 is 35.8 Å². The average molecular weight is 482 g/mol. The Balaban J connectivity index is 0.00000261. The number of nitrogens with zero attached hydrogens (tertiary/aromatic N) is 4. The van der Waals surface area contributed by atoms with Crippen LogP contribution in [0, 0.1) is 0 Å². The highest BCUT2D eigenvalue weighted by Crippen LogP contribution is 2.16. The molecule has 27 heavy (non-hydrogen) atoms. The molecule has 1 saturated heterocycles. The highest BCUT2D eigenvalue weighted by molar-refractivity contribution is 14.0. The molecule has 8 heteroatoms. The van der Waals surface area contributed by atoms with E-state index in [1.54, 1.807) is 6.92 Å². The maximum absolute atomic E-state index is 11.5. The van der Waals surface area contributed by atoms with Crippen LogP contribution in [-0.4, -0.2) is 64.4 Å². The van der Waals surface area contributed by atoms with Gasteiger partial charge < -0.3 is 20.1 Å². The number of aliphatic imine (C=N–C) groups is 1. The van der Waals surface area contributed by atoms with Crippen LogP contribution in [0.25, 0.3) is 11.3 Å². The molecule has 0 radical (unpaired) electrons. The van der Waals surface area contributed by atoms with Gasteiger partial charge in [0.15, 0.2) is 5.96 Å². The Morgan fingerprint density at radius 2 is 1.85 bits per heavy atom. The zero-order valence-electron chi connectivity index (χ0n) is 15.8. The van der Waals surface area contributed by atoms with Crippen molar-refractivity contribution in [3.8, 4) is 11.3 Å². The highest BCUT2D eigenvalue weighted by Gasteiger charge is 2.20. The summed E-state index contributed by atoms with van der Waals surface area (Å²) < 4.78 is 0. The van der Waals surface area contributed by atoms with Gasteiger partial charge >= 0.3 is 0 Å². The summed E-state index contributed by atoms with van der Waals surface area (Å²) in [6.07, 6.45) is 1.85. The predicted molar refractivity (Wildman–Crippen MR) is 118 cm³/mol. The van der Waals surface area contributed by atoms with Crippen LogP contribution in [0.3, 0.4) is 0 Å². The lowest BCUT2D eigenvalue weighted by atomic mass is 10.2. The molecule has 0 unspecified atom stereocenters. The summed E-state index contributed by atoms with van der Waals surface area (Å²) in [5, 5.41) is 3.34. The number of H-pyrrole nitrogens is 1. The quantitative estimate of drug-likeness (QED) is 0.399. The van der Waals surface area contributed by atoms with Crippen LogP contribution in [0.2, 0.25) is 0 Å². The fourth-order valence-corrected chi connectivity index (χ4v) is 3.02. The summed E-state index contributed by atoms with van der Waals surface area (Å²) in [4.78, 5) is 28.0. The molecule has 2 N–H and O–H groups in total. The fraction of sp³-hybridized carbons (Fsp3) is 0.421. The number of nitrogens with one attached hydrogen (secondary N) is 2. The standard InChI is InChI=1S/C19H26N6O.HI/c1-3-20-19(25-11-9-24(10-12-25)15(2)26)22-14-18-21-13-17(23-18)16-7-5-4-6-8-16;/h4-8,13H,3,9-12,14H2,1-2H3,(H,20,22)(H,21,23);1H. The molecule has 0 spiro atoms. The normalized spacial score (nSPS) is 14.7. The maximum atomic E-state index is 11.5. The lowest BCUT2D eigenvalue weighted by Gasteiger charge is -2.36. The SMILES string of the molecule is CCNC(=NCc1ncc(-c2ccccc2)[nH]1)N1CCN(C(C)=O)CC1.I. The van der Waals surface area contributed by atoms with Crippen molar-refractivity contribution in [2.24, 2.45) is 4.99 Å². The third kappa shape index (κ3) is 5.69. The van der Waals surface area contributed by atoms with Gasteiger partial charge in [0.2, 0.25) is 5.91 Å². The van der Waals surface area contributed by atoms with E-state index < -0.39 is 0 Å². The molecule has 2 aromatic rings. The fourth-order valence-electron chi connectivity index (χ4n) is 3.02. The second-order valence-electron chi connectivity index (χ2n) is 6.27. The van der Waals surface area contributed by atoms with Crippen molar-refractivity contribution in [3.05, 3.63) is 42.4 Å². The van der Waals surface area contributed by atoms with Gasteiger partial charge in [0.25, 0.3) is 0 Å². The van der Waals surface area contributed by atoms with Gasteiger partial charge in [0, 0.05) is 39.6 Å². The molecule has 0 bridgehead atoms. The van der Waals surface area contributed by atoms with Crippen molar-refractivity contribution in [2.75, 3.05) is 32.7 Å². The van der Waals surface area contributed by atoms with Gasteiger partial charge in [-0.3, -0.25) is 4.79 Å². The van der Waals surface area contributed by atoms with Gasteiger partial charge in [0.1, 0.15) is 12.4 Å². The second kappa shape index (κ2) is 10.3. The van der Waals surface area contributed by atoms with Crippen molar-refractivity contribution in [1.82, 2.24) is 25.1 Å². The number of piperazine rings is 1. The van der Waals surface area contributed by atoms with E-state index in [-0.39, 0.29) is 29.9 Å². The Bertz CT molecular complexity index is 753. The first-order chi connectivity index (χ1) is 12.7. The largest absolute Gasteiger partial charge is 0.357 e. The van der Waals surface area contributed by atoms with E-state index in [9.17, 15) is 4.79 Å². The zero-order chi connectivity index (χ0) is 18.4. The first-order valence-electron chi connectivity index (χ1n) is 9.05. The molecular formula is C19H27IN6O. The number of hydrogen-bond acceptors (Lipinski definition) is 3. The molecule has 1 aliphatic heterocycles. The van der Waals surface area contributed by atoms with Crippen molar-refractivity contribution < 1.29 is 4.79 Å². The molecule has 0 aliphatic carbocycles. The van der Waals surface area contributed by atoms with E-state index in [0.717, 1.165) is 55.8 Å². The summed E-state index contributed by atoms with van der Waals surface area (Å²) in [5.41, 5.74) is 2.11. The molecule has 7 nitrogen and oxygen atoms in total. The minimum absolute atomic E-state index is 0. The molecule has 146 valence electrons. The topological polar surface area (TPSA) is 76.6 Å². The van der Waals surface area contributed by atoms with Gasteiger partial charge in [-0.1, -0.05) is 30.3 Å². The van der Waals surface area contributed by atoms with E-state index in [0.29, 0.717) is 6.54 Å². The Morgan fingerprint density at radius 1 is 1.19 bits per heavy atom. The van der Waals surface area contributed by atoms with Crippen LogP contribution in [0.5, 0.6) is 0 Å². The zero-order valence-corrected chi connectivity index (χ0v) is 18.1. The van der Waals surface area contributed by atoms with Crippen molar-refractivity contribution in [2.45, 2.75) is 20.4 Å². The predicted octanol–water partition coefficient (Wildman–Crippen LogP) is 2.32. The number of carbonyl (C=O) groups excluding carboxylic acids is 1. The third-order valence-corrected chi connectivity index (χ3v) is 4.45. The van der Waals surface area contributed by atoms with Crippen LogP contribution >= 0.6 is 24.0 Å². The number of hydrogen-bond donors (Lipinski definition) is 2. The van der Waals surface area contributed by atoms with Crippen molar-refractivity contribution in [1.29, 1.82) is 0 Å². The average Bonchev–Trinajstić information content (AvgIpc) is 3.15. The van der Waals surface area contributed by atoms with Crippen LogP contribution in [0.15, 0.2) is 41.5 Å². The number of benzene rings is 1. The second-order valence-corrected chi connectivity index (χ2v) is 6.27. The minimum Gasteiger partial charge on any atom is -0.357 e.